The van der Waals surface area contributed by atoms with E-state index < -0.39 is 0 Å². The highest BCUT2D eigenvalue weighted by Crippen LogP contribution is 2.37. The van der Waals surface area contributed by atoms with Crippen LogP contribution in [0.4, 0.5) is 0 Å². The Morgan fingerprint density at radius 3 is 2.67 bits per heavy atom. The van der Waals surface area contributed by atoms with Gasteiger partial charge < -0.3 is 4.90 Å². The van der Waals surface area contributed by atoms with Crippen LogP contribution in [0.1, 0.15) is 28.8 Å². The van der Waals surface area contributed by atoms with Gasteiger partial charge in [-0.3, -0.25) is 4.79 Å². The predicted octanol–water partition coefficient (Wildman–Crippen LogP) is 2.36. The summed E-state index contributed by atoms with van der Waals surface area (Å²) in [5.41, 5.74) is 4.74. The Hall–Kier alpha value is -1.57. The second kappa shape index (κ2) is 2.96. The zero-order chi connectivity index (χ0) is 10.4. The van der Waals surface area contributed by atoms with Crippen molar-refractivity contribution in [3.8, 4) is 0 Å². The van der Waals surface area contributed by atoms with Crippen LogP contribution in [0, 0.1) is 0 Å². The lowest BCUT2D eigenvalue weighted by Gasteiger charge is -2.27. The Morgan fingerprint density at radius 1 is 1.20 bits per heavy atom. The molecule has 1 aliphatic carbocycles. The maximum atomic E-state index is 12.1. The molecule has 2 aliphatic rings. The molecule has 1 fully saturated rings. The van der Waals surface area contributed by atoms with Gasteiger partial charge in [-0.1, -0.05) is 18.2 Å². The molecule has 76 valence electrons. The van der Waals surface area contributed by atoms with E-state index in [0.29, 0.717) is 0 Å². The smallest absolute Gasteiger partial charge is 0.258 e. The minimum atomic E-state index is 0.145. The lowest BCUT2D eigenvalue weighted by Crippen LogP contribution is -2.32. The van der Waals surface area contributed by atoms with E-state index in [1.165, 1.54) is 29.7 Å². The topological polar surface area (TPSA) is 20.3 Å². The van der Waals surface area contributed by atoms with Gasteiger partial charge in [0.15, 0.2) is 0 Å². The molecular weight excluding hydrogens is 186 g/mol. The molecule has 1 heterocycles. The summed E-state index contributed by atoms with van der Waals surface area (Å²) < 4.78 is 0. The predicted molar refractivity (Wildman–Crippen MR) is 58.5 cm³/mol. The molecule has 1 aliphatic heterocycles. The fourth-order valence-electron chi connectivity index (χ4n) is 2.20. The van der Waals surface area contributed by atoms with E-state index in [9.17, 15) is 4.79 Å². The van der Waals surface area contributed by atoms with Gasteiger partial charge in [-0.05, 0) is 30.0 Å². The first-order valence-electron chi connectivity index (χ1n) is 5.34. The van der Waals surface area contributed by atoms with Crippen molar-refractivity contribution in [2.45, 2.75) is 19.3 Å². The summed E-state index contributed by atoms with van der Waals surface area (Å²) >= 11 is 0. The molecule has 0 N–H and O–H groups in total. The van der Waals surface area contributed by atoms with Crippen molar-refractivity contribution in [1.82, 2.24) is 4.90 Å². The summed E-state index contributed by atoms with van der Waals surface area (Å²) in [7, 11) is 1.89. The summed E-state index contributed by atoms with van der Waals surface area (Å²) in [6.45, 7) is 0. The molecule has 2 heteroatoms. The van der Waals surface area contributed by atoms with Gasteiger partial charge in [-0.25, -0.2) is 0 Å². The zero-order valence-corrected chi connectivity index (χ0v) is 8.79. The fraction of sp³-hybridized carbons (Fsp3) is 0.308. The van der Waals surface area contributed by atoms with Gasteiger partial charge in [-0.15, -0.1) is 0 Å². The zero-order valence-electron chi connectivity index (χ0n) is 8.79. The average molecular weight is 199 g/mol. The molecule has 2 nitrogen and oxygen atoms in total. The van der Waals surface area contributed by atoms with Gasteiger partial charge in [0.2, 0.25) is 0 Å². The third kappa shape index (κ3) is 1.29. The van der Waals surface area contributed by atoms with Crippen LogP contribution in [0.3, 0.4) is 0 Å². The van der Waals surface area contributed by atoms with Crippen molar-refractivity contribution in [3.63, 3.8) is 0 Å². The van der Waals surface area contributed by atoms with Crippen LogP contribution in [0.25, 0.3) is 0 Å². The first-order valence-corrected chi connectivity index (χ1v) is 5.34. The van der Waals surface area contributed by atoms with Crippen LogP contribution in [0.15, 0.2) is 35.5 Å². The normalized spacial score (nSPS) is 19.3. The fourth-order valence-corrected chi connectivity index (χ4v) is 2.20. The van der Waals surface area contributed by atoms with E-state index in [4.69, 9.17) is 0 Å². The number of nitrogens with zero attached hydrogens (tertiary/aromatic N) is 1. The van der Waals surface area contributed by atoms with Gasteiger partial charge in [0, 0.05) is 24.7 Å². The van der Waals surface area contributed by atoms with Crippen molar-refractivity contribution < 1.29 is 4.79 Å². The number of benzene rings is 1. The second-order valence-electron chi connectivity index (χ2n) is 4.25. The van der Waals surface area contributed by atoms with E-state index >= 15 is 0 Å². The summed E-state index contributed by atoms with van der Waals surface area (Å²) in [4.78, 5) is 13.9. The molecule has 3 rings (SSSR count). The number of carbonyl (C=O) groups excluding carboxylic acids is 1. The molecule has 0 atom stereocenters. The Balaban J connectivity index is 2.13. The Morgan fingerprint density at radius 2 is 1.93 bits per heavy atom. The molecule has 0 unspecified atom stereocenters. The van der Waals surface area contributed by atoms with E-state index in [0.717, 1.165) is 12.0 Å². The number of likely N-dealkylation sites (N-methyl/N-ethyl adjacent to an activating group) is 1. The Kier molecular flexibility index (Phi) is 1.72. The lowest BCUT2D eigenvalue weighted by atomic mass is 9.96. The van der Waals surface area contributed by atoms with Crippen LogP contribution in [0.2, 0.25) is 0 Å². The lowest BCUT2D eigenvalue weighted by molar-refractivity contribution is 0.0822. The minimum Gasteiger partial charge on any atom is -0.315 e. The largest absolute Gasteiger partial charge is 0.315 e. The van der Waals surface area contributed by atoms with E-state index in [-0.39, 0.29) is 5.91 Å². The van der Waals surface area contributed by atoms with E-state index in [2.05, 4.69) is 6.07 Å². The number of hydrogen-bond donors (Lipinski definition) is 0. The van der Waals surface area contributed by atoms with Gasteiger partial charge >= 0.3 is 0 Å². The Labute approximate surface area is 89.2 Å². The second-order valence-corrected chi connectivity index (χ2v) is 4.25. The maximum absolute atomic E-state index is 12.1. The number of rotatable bonds is 0. The molecule has 1 aromatic rings. The highest BCUT2D eigenvalue weighted by atomic mass is 16.2. The van der Waals surface area contributed by atoms with E-state index in [1.54, 1.807) is 0 Å². The third-order valence-corrected chi connectivity index (χ3v) is 3.22. The van der Waals surface area contributed by atoms with Crippen LogP contribution in [-0.4, -0.2) is 17.9 Å². The number of carbonyl (C=O) groups is 1. The van der Waals surface area contributed by atoms with Crippen molar-refractivity contribution >= 4 is 5.91 Å². The third-order valence-electron chi connectivity index (χ3n) is 3.22. The molecular formula is C13H13NO. The number of fused-ring (bicyclic) bond motifs is 1. The highest BCUT2D eigenvalue weighted by molar-refractivity contribution is 5.98. The van der Waals surface area contributed by atoms with Gasteiger partial charge in [0.25, 0.3) is 5.91 Å². The summed E-state index contributed by atoms with van der Waals surface area (Å²) in [5, 5.41) is 0. The number of amides is 1. The van der Waals surface area contributed by atoms with Gasteiger partial charge in [-0.2, -0.15) is 0 Å². The number of allylic oxidation sites excluding steroid dienone is 2. The molecule has 15 heavy (non-hydrogen) atoms. The van der Waals surface area contributed by atoms with Crippen molar-refractivity contribution in [1.29, 1.82) is 0 Å². The maximum Gasteiger partial charge on any atom is 0.258 e. The standard InChI is InChI=1S/C13H13NO/c1-14-12(9-6-7-9)8-10-4-2-3-5-11(10)13(14)15/h2-5H,6-8H2,1H3. The summed E-state index contributed by atoms with van der Waals surface area (Å²) in [5.74, 6) is 0.145. The quantitative estimate of drug-likeness (QED) is 0.628. The molecule has 0 aromatic heterocycles. The van der Waals surface area contributed by atoms with Crippen molar-refractivity contribution in [2.24, 2.45) is 0 Å². The van der Waals surface area contributed by atoms with Crippen LogP contribution in [-0.2, 0) is 6.42 Å². The first kappa shape index (κ1) is 8.72. The molecule has 0 spiro atoms. The molecule has 1 saturated carbocycles. The SMILES string of the molecule is CN1C(=O)c2ccccc2CC1=C1CC1. The Bertz CT molecular complexity index is 467. The molecule has 0 saturated heterocycles. The van der Waals surface area contributed by atoms with E-state index in [1.807, 2.05) is 30.1 Å². The molecule has 0 bridgehead atoms. The van der Waals surface area contributed by atoms with Crippen molar-refractivity contribution in [2.75, 3.05) is 7.05 Å². The highest BCUT2D eigenvalue weighted by Gasteiger charge is 2.29. The van der Waals surface area contributed by atoms with Crippen molar-refractivity contribution in [3.05, 3.63) is 46.7 Å². The minimum absolute atomic E-state index is 0.145. The average Bonchev–Trinajstić information content (AvgIpc) is 3.07. The van der Waals surface area contributed by atoms with Crippen LogP contribution >= 0.6 is 0 Å². The molecule has 0 radical (unpaired) electrons. The molecule has 1 amide bonds. The monoisotopic (exact) mass is 199 g/mol. The van der Waals surface area contributed by atoms with Crippen LogP contribution in [0.5, 0.6) is 0 Å². The van der Waals surface area contributed by atoms with Gasteiger partial charge in [0.1, 0.15) is 0 Å². The summed E-state index contributed by atoms with van der Waals surface area (Å²) in [6, 6.07) is 7.91. The molecule has 1 aromatic carbocycles. The number of hydrogen-bond acceptors (Lipinski definition) is 1. The van der Waals surface area contributed by atoms with Gasteiger partial charge in [0.05, 0.1) is 0 Å². The summed E-state index contributed by atoms with van der Waals surface area (Å²) in [6.07, 6.45) is 3.28. The first-order chi connectivity index (χ1) is 7.27. The van der Waals surface area contributed by atoms with Crippen LogP contribution < -0.4 is 0 Å².